The number of nitrogens with one attached hydrogen (secondary N) is 1. The number of fused-ring (bicyclic) bond motifs is 5. The third-order valence-corrected chi connectivity index (χ3v) is 6.75. The maximum atomic E-state index is 13.4. The van der Waals surface area contributed by atoms with Crippen LogP contribution in [0, 0.1) is 11.7 Å². The zero-order chi connectivity index (χ0) is 21.7. The van der Waals surface area contributed by atoms with E-state index < -0.39 is 0 Å². The van der Waals surface area contributed by atoms with Crippen molar-refractivity contribution in [1.29, 1.82) is 0 Å². The molecule has 0 radical (unpaired) electrons. The summed E-state index contributed by atoms with van der Waals surface area (Å²) in [5.74, 6) is 1.42. The second-order valence-corrected chi connectivity index (χ2v) is 8.84. The number of benzene rings is 2. The lowest BCUT2D eigenvalue weighted by Gasteiger charge is -2.21. The minimum atomic E-state index is -0.217. The summed E-state index contributed by atoms with van der Waals surface area (Å²) in [5.41, 5.74) is 6.90. The van der Waals surface area contributed by atoms with Crippen molar-refractivity contribution in [2.45, 2.75) is 13.0 Å². The van der Waals surface area contributed by atoms with Crippen LogP contribution in [0.25, 0.3) is 28.3 Å². The van der Waals surface area contributed by atoms with Crippen molar-refractivity contribution in [2.24, 2.45) is 5.92 Å². The second-order valence-electron chi connectivity index (χ2n) is 8.84. The molecule has 1 fully saturated rings. The fraction of sp³-hybridized carbons (Fsp3) is 0.269. The summed E-state index contributed by atoms with van der Waals surface area (Å²) in [6.07, 6.45) is 7.28. The monoisotopic (exact) mass is 427 g/mol. The second kappa shape index (κ2) is 7.64. The van der Waals surface area contributed by atoms with E-state index in [1.807, 2.05) is 31.6 Å². The van der Waals surface area contributed by atoms with Gasteiger partial charge in [0.05, 0.1) is 11.4 Å². The SMILES string of the molecule is CNCC1CCN(c2ccc3c(c2)Cn2cc(-c4ccc(F)cc4)cc2-c2nccn2-3)C1. The Balaban J connectivity index is 1.39. The Morgan fingerprint density at radius 3 is 2.81 bits per heavy atom. The zero-order valence-electron chi connectivity index (χ0n) is 18.1. The lowest BCUT2D eigenvalue weighted by atomic mass is 10.1. The van der Waals surface area contributed by atoms with Crippen LogP contribution in [0.1, 0.15) is 12.0 Å². The summed E-state index contributed by atoms with van der Waals surface area (Å²) < 4.78 is 17.9. The van der Waals surface area contributed by atoms with Gasteiger partial charge in [-0.1, -0.05) is 12.1 Å². The topological polar surface area (TPSA) is 38.0 Å². The molecule has 162 valence electrons. The van der Waals surface area contributed by atoms with Crippen molar-refractivity contribution in [3.63, 3.8) is 0 Å². The number of imidazole rings is 1. The fourth-order valence-electron chi connectivity index (χ4n) is 5.15. The molecule has 0 spiro atoms. The van der Waals surface area contributed by atoms with E-state index >= 15 is 0 Å². The van der Waals surface area contributed by atoms with Crippen LogP contribution in [-0.2, 0) is 6.54 Å². The summed E-state index contributed by atoms with van der Waals surface area (Å²) in [6.45, 7) is 4.04. The molecule has 0 bridgehead atoms. The maximum Gasteiger partial charge on any atom is 0.161 e. The normalized spacial score (nSPS) is 17.1. The molecule has 0 aliphatic carbocycles. The lowest BCUT2D eigenvalue weighted by molar-refractivity contribution is 0.549. The Morgan fingerprint density at radius 1 is 1.09 bits per heavy atom. The van der Waals surface area contributed by atoms with Crippen molar-refractivity contribution in [1.82, 2.24) is 19.4 Å². The highest BCUT2D eigenvalue weighted by Crippen LogP contribution is 2.36. The smallest absolute Gasteiger partial charge is 0.161 e. The highest BCUT2D eigenvalue weighted by Gasteiger charge is 2.25. The summed E-state index contributed by atoms with van der Waals surface area (Å²) in [6, 6.07) is 15.7. The fourth-order valence-corrected chi connectivity index (χ4v) is 5.15. The first kappa shape index (κ1) is 19.3. The Hall–Kier alpha value is -3.38. The summed E-state index contributed by atoms with van der Waals surface area (Å²) in [4.78, 5) is 7.18. The zero-order valence-corrected chi connectivity index (χ0v) is 18.1. The van der Waals surface area contributed by atoms with E-state index in [2.05, 4.69) is 54.8 Å². The van der Waals surface area contributed by atoms with Crippen molar-refractivity contribution in [3.8, 4) is 28.3 Å². The van der Waals surface area contributed by atoms with E-state index in [1.54, 1.807) is 0 Å². The highest BCUT2D eigenvalue weighted by atomic mass is 19.1. The van der Waals surface area contributed by atoms with E-state index in [4.69, 9.17) is 0 Å². The number of aromatic nitrogens is 3. The van der Waals surface area contributed by atoms with Crippen LogP contribution < -0.4 is 10.2 Å². The molecule has 1 N–H and O–H groups in total. The number of anilines is 1. The van der Waals surface area contributed by atoms with Gasteiger partial charge in [-0.3, -0.25) is 4.57 Å². The van der Waals surface area contributed by atoms with Crippen LogP contribution in [0.5, 0.6) is 0 Å². The standard InChI is InChI=1S/C26H26FN5/c1-28-14-18-8-10-30(15-18)23-6-7-24-21(12-23)17-31-16-20(19-2-4-22(27)5-3-19)13-25(31)26-29-9-11-32(24)26/h2-7,9,11-13,16,18,28H,8,10,14-15,17H2,1H3. The molecular weight excluding hydrogens is 401 g/mol. The van der Waals surface area contributed by atoms with Gasteiger partial charge in [-0.25, -0.2) is 9.37 Å². The van der Waals surface area contributed by atoms with Gasteiger partial charge in [-0.05, 0) is 73.5 Å². The van der Waals surface area contributed by atoms with E-state index in [-0.39, 0.29) is 5.82 Å². The molecule has 2 aromatic carbocycles. The van der Waals surface area contributed by atoms with Crippen LogP contribution in [0.4, 0.5) is 10.1 Å². The minimum Gasteiger partial charge on any atom is -0.371 e. The van der Waals surface area contributed by atoms with E-state index in [0.29, 0.717) is 5.92 Å². The maximum absolute atomic E-state index is 13.4. The first-order valence-corrected chi connectivity index (χ1v) is 11.2. The van der Waals surface area contributed by atoms with Gasteiger partial charge in [0.2, 0.25) is 0 Å². The molecule has 0 amide bonds. The number of halogens is 1. The number of hydrogen-bond donors (Lipinski definition) is 1. The first-order chi connectivity index (χ1) is 15.7. The van der Waals surface area contributed by atoms with Crippen LogP contribution in [-0.4, -0.2) is 40.8 Å². The number of hydrogen-bond acceptors (Lipinski definition) is 3. The third-order valence-electron chi connectivity index (χ3n) is 6.75. The third kappa shape index (κ3) is 3.22. The number of nitrogens with zero attached hydrogens (tertiary/aromatic N) is 4. The Labute approximate surface area is 187 Å². The predicted octanol–water partition coefficient (Wildman–Crippen LogP) is 4.55. The predicted molar refractivity (Wildman–Crippen MR) is 126 cm³/mol. The van der Waals surface area contributed by atoms with Gasteiger partial charge in [-0.2, -0.15) is 0 Å². The Kier molecular flexibility index (Phi) is 4.61. The molecule has 2 aromatic heterocycles. The summed E-state index contributed by atoms with van der Waals surface area (Å²) >= 11 is 0. The van der Waals surface area contributed by atoms with E-state index in [9.17, 15) is 4.39 Å². The summed E-state index contributed by atoms with van der Waals surface area (Å²) in [5, 5.41) is 3.32. The molecular formula is C26H26FN5. The van der Waals surface area contributed by atoms with E-state index in [0.717, 1.165) is 48.8 Å². The molecule has 1 saturated heterocycles. The quantitative estimate of drug-likeness (QED) is 0.457. The van der Waals surface area contributed by atoms with Gasteiger partial charge < -0.3 is 14.8 Å². The van der Waals surface area contributed by atoms with Crippen LogP contribution in [0.15, 0.2) is 67.1 Å². The van der Waals surface area contributed by atoms with Crippen molar-refractivity contribution < 1.29 is 4.39 Å². The molecule has 6 rings (SSSR count). The molecule has 32 heavy (non-hydrogen) atoms. The molecule has 0 saturated carbocycles. The molecule has 4 aromatic rings. The first-order valence-electron chi connectivity index (χ1n) is 11.2. The van der Waals surface area contributed by atoms with Crippen molar-refractivity contribution >= 4 is 5.69 Å². The molecule has 4 heterocycles. The average molecular weight is 428 g/mol. The van der Waals surface area contributed by atoms with Gasteiger partial charge in [0, 0.05) is 49.5 Å². The highest BCUT2D eigenvalue weighted by molar-refractivity contribution is 5.72. The molecule has 1 atom stereocenters. The van der Waals surface area contributed by atoms with Gasteiger partial charge in [0.25, 0.3) is 0 Å². The van der Waals surface area contributed by atoms with Crippen molar-refractivity contribution in [2.75, 3.05) is 31.6 Å². The van der Waals surface area contributed by atoms with E-state index in [1.165, 1.54) is 35.5 Å². The minimum absolute atomic E-state index is 0.217. The Bertz CT molecular complexity index is 1270. The van der Waals surface area contributed by atoms with Gasteiger partial charge >= 0.3 is 0 Å². The van der Waals surface area contributed by atoms with Gasteiger partial charge in [-0.15, -0.1) is 0 Å². The average Bonchev–Trinajstić information content (AvgIpc) is 3.53. The molecule has 5 nitrogen and oxygen atoms in total. The largest absolute Gasteiger partial charge is 0.371 e. The number of rotatable bonds is 4. The van der Waals surface area contributed by atoms with Gasteiger partial charge in [0.15, 0.2) is 5.82 Å². The van der Waals surface area contributed by atoms with Crippen LogP contribution >= 0.6 is 0 Å². The summed E-state index contributed by atoms with van der Waals surface area (Å²) in [7, 11) is 2.03. The lowest BCUT2D eigenvalue weighted by Crippen LogP contribution is -2.24. The van der Waals surface area contributed by atoms with Crippen molar-refractivity contribution in [3.05, 3.63) is 78.5 Å². The molecule has 2 aliphatic rings. The van der Waals surface area contributed by atoms with Crippen LogP contribution in [0.3, 0.4) is 0 Å². The Morgan fingerprint density at radius 2 is 1.97 bits per heavy atom. The molecule has 6 heteroatoms. The molecule has 1 unspecified atom stereocenters. The molecule has 2 aliphatic heterocycles. The van der Waals surface area contributed by atoms with Gasteiger partial charge in [0.1, 0.15) is 5.82 Å². The van der Waals surface area contributed by atoms with Crippen LogP contribution in [0.2, 0.25) is 0 Å².